The standard InChI is InChI=1S/C13H29N3/c1-15(9-4-3-8-14)10-5-13-6-11-16(2)12-7-13/h13H,3-12,14H2,1-2H3. The molecule has 0 unspecified atom stereocenters. The number of unbranched alkanes of at least 4 members (excludes halogenated alkanes) is 1. The Bertz CT molecular complexity index is 165. The normalized spacial score (nSPS) is 19.5. The third-order valence-corrected chi connectivity index (χ3v) is 3.75. The van der Waals surface area contributed by atoms with Crippen LogP contribution in [0.25, 0.3) is 0 Å². The molecule has 96 valence electrons. The highest BCUT2D eigenvalue weighted by molar-refractivity contribution is 4.71. The van der Waals surface area contributed by atoms with Crippen molar-refractivity contribution in [3.05, 3.63) is 0 Å². The molecule has 0 aromatic heterocycles. The Morgan fingerprint density at radius 2 is 1.88 bits per heavy atom. The molecule has 1 heterocycles. The number of hydrogen-bond acceptors (Lipinski definition) is 3. The van der Waals surface area contributed by atoms with Crippen LogP contribution in [0.1, 0.15) is 32.1 Å². The second-order valence-corrected chi connectivity index (χ2v) is 5.33. The SMILES string of the molecule is CN(CCCCN)CCC1CCN(C)CC1. The van der Waals surface area contributed by atoms with Crippen molar-refractivity contribution in [1.82, 2.24) is 9.80 Å². The minimum absolute atomic E-state index is 0.836. The molecule has 3 heteroatoms. The van der Waals surface area contributed by atoms with E-state index < -0.39 is 0 Å². The third kappa shape index (κ3) is 5.83. The molecule has 16 heavy (non-hydrogen) atoms. The second kappa shape index (κ2) is 8.04. The summed E-state index contributed by atoms with van der Waals surface area (Å²) >= 11 is 0. The molecule has 1 saturated heterocycles. The number of nitrogens with zero attached hydrogens (tertiary/aromatic N) is 2. The monoisotopic (exact) mass is 227 g/mol. The first-order valence-corrected chi connectivity index (χ1v) is 6.79. The Labute approximate surface area is 101 Å². The minimum Gasteiger partial charge on any atom is -0.330 e. The summed E-state index contributed by atoms with van der Waals surface area (Å²) in [6, 6.07) is 0. The molecular weight excluding hydrogens is 198 g/mol. The molecule has 0 aliphatic carbocycles. The van der Waals surface area contributed by atoms with Crippen molar-refractivity contribution in [2.45, 2.75) is 32.1 Å². The van der Waals surface area contributed by atoms with E-state index in [9.17, 15) is 0 Å². The van der Waals surface area contributed by atoms with Gasteiger partial charge in [0.1, 0.15) is 0 Å². The van der Waals surface area contributed by atoms with Gasteiger partial charge in [-0.15, -0.1) is 0 Å². The summed E-state index contributed by atoms with van der Waals surface area (Å²) in [4.78, 5) is 4.91. The van der Waals surface area contributed by atoms with Gasteiger partial charge in [-0.25, -0.2) is 0 Å². The van der Waals surface area contributed by atoms with E-state index in [1.165, 1.54) is 58.3 Å². The first-order chi connectivity index (χ1) is 7.72. The van der Waals surface area contributed by atoms with Gasteiger partial charge in [-0.2, -0.15) is 0 Å². The van der Waals surface area contributed by atoms with Crippen LogP contribution in [-0.4, -0.2) is 56.6 Å². The molecule has 1 rings (SSSR count). The van der Waals surface area contributed by atoms with Crippen molar-refractivity contribution in [2.24, 2.45) is 11.7 Å². The van der Waals surface area contributed by atoms with Gasteiger partial charge in [-0.3, -0.25) is 0 Å². The summed E-state index contributed by atoms with van der Waals surface area (Å²) in [5.41, 5.74) is 5.50. The van der Waals surface area contributed by atoms with E-state index in [-0.39, 0.29) is 0 Å². The number of rotatable bonds is 7. The Balaban J connectivity index is 2.00. The van der Waals surface area contributed by atoms with Gasteiger partial charge in [-0.1, -0.05) is 0 Å². The van der Waals surface area contributed by atoms with E-state index in [0.717, 1.165) is 12.5 Å². The summed E-state index contributed by atoms with van der Waals surface area (Å²) in [6.07, 6.45) is 6.59. The van der Waals surface area contributed by atoms with Crippen LogP contribution in [0.5, 0.6) is 0 Å². The first kappa shape index (κ1) is 13.9. The predicted molar refractivity (Wildman–Crippen MR) is 70.6 cm³/mol. The molecule has 0 aromatic carbocycles. The van der Waals surface area contributed by atoms with Gasteiger partial charge in [0.15, 0.2) is 0 Å². The molecule has 0 aromatic rings. The highest BCUT2D eigenvalue weighted by Gasteiger charge is 2.16. The van der Waals surface area contributed by atoms with E-state index in [1.54, 1.807) is 0 Å². The fourth-order valence-corrected chi connectivity index (χ4v) is 2.39. The maximum absolute atomic E-state index is 5.50. The lowest BCUT2D eigenvalue weighted by atomic mass is 9.94. The largest absolute Gasteiger partial charge is 0.330 e. The number of nitrogens with two attached hydrogens (primary N) is 1. The number of hydrogen-bond donors (Lipinski definition) is 1. The molecule has 0 bridgehead atoms. The summed E-state index contributed by atoms with van der Waals surface area (Å²) in [5, 5.41) is 0. The smallest absolute Gasteiger partial charge is 0.00191 e. The highest BCUT2D eigenvalue weighted by atomic mass is 15.1. The van der Waals surface area contributed by atoms with Gasteiger partial charge < -0.3 is 15.5 Å². The van der Waals surface area contributed by atoms with E-state index >= 15 is 0 Å². The van der Waals surface area contributed by atoms with E-state index in [2.05, 4.69) is 23.9 Å². The molecule has 0 saturated carbocycles. The van der Waals surface area contributed by atoms with Crippen molar-refractivity contribution < 1.29 is 0 Å². The van der Waals surface area contributed by atoms with Gasteiger partial charge in [0.05, 0.1) is 0 Å². The van der Waals surface area contributed by atoms with Crippen molar-refractivity contribution >= 4 is 0 Å². The maximum Gasteiger partial charge on any atom is -0.00191 e. The van der Waals surface area contributed by atoms with Gasteiger partial charge in [0.2, 0.25) is 0 Å². The number of piperidine rings is 1. The van der Waals surface area contributed by atoms with Crippen molar-refractivity contribution in [1.29, 1.82) is 0 Å². The molecule has 0 spiro atoms. The quantitative estimate of drug-likeness (QED) is 0.667. The van der Waals surface area contributed by atoms with Crippen LogP contribution in [0.3, 0.4) is 0 Å². The van der Waals surface area contributed by atoms with E-state index in [1.807, 2.05) is 0 Å². The molecule has 1 aliphatic heterocycles. The lowest BCUT2D eigenvalue weighted by Crippen LogP contribution is -2.32. The average molecular weight is 227 g/mol. The average Bonchev–Trinajstić information content (AvgIpc) is 2.29. The summed E-state index contributed by atoms with van der Waals surface area (Å²) in [7, 11) is 4.47. The lowest BCUT2D eigenvalue weighted by molar-refractivity contribution is 0.195. The van der Waals surface area contributed by atoms with Gasteiger partial charge in [0.25, 0.3) is 0 Å². The molecule has 0 atom stereocenters. The van der Waals surface area contributed by atoms with Crippen LogP contribution >= 0.6 is 0 Å². The van der Waals surface area contributed by atoms with Crippen molar-refractivity contribution in [3.63, 3.8) is 0 Å². The van der Waals surface area contributed by atoms with Gasteiger partial charge in [0, 0.05) is 0 Å². The molecule has 1 fully saturated rings. The molecule has 0 radical (unpaired) electrons. The minimum atomic E-state index is 0.836. The first-order valence-electron chi connectivity index (χ1n) is 6.79. The molecular formula is C13H29N3. The fourth-order valence-electron chi connectivity index (χ4n) is 2.39. The molecule has 2 N–H and O–H groups in total. The molecule has 1 aliphatic rings. The highest BCUT2D eigenvalue weighted by Crippen LogP contribution is 2.19. The van der Waals surface area contributed by atoms with Crippen LogP contribution in [0.2, 0.25) is 0 Å². The lowest BCUT2D eigenvalue weighted by Gasteiger charge is -2.30. The predicted octanol–water partition coefficient (Wildman–Crippen LogP) is 1.39. The maximum atomic E-state index is 5.50. The van der Waals surface area contributed by atoms with E-state index in [4.69, 9.17) is 5.73 Å². The topological polar surface area (TPSA) is 32.5 Å². The zero-order valence-electron chi connectivity index (χ0n) is 11.1. The Morgan fingerprint density at radius 3 is 2.50 bits per heavy atom. The van der Waals surface area contributed by atoms with E-state index in [0.29, 0.717) is 0 Å². The second-order valence-electron chi connectivity index (χ2n) is 5.33. The van der Waals surface area contributed by atoms with Gasteiger partial charge in [-0.05, 0) is 84.8 Å². The summed E-state index contributed by atoms with van der Waals surface area (Å²) in [6.45, 7) is 5.90. The fraction of sp³-hybridized carbons (Fsp3) is 1.00. The Hall–Kier alpha value is -0.120. The molecule has 3 nitrogen and oxygen atoms in total. The Morgan fingerprint density at radius 1 is 1.19 bits per heavy atom. The van der Waals surface area contributed by atoms with Crippen molar-refractivity contribution in [2.75, 3.05) is 46.8 Å². The summed E-state index contributed by atoms with van der Waals surface area (Å²) in [5.74, 6) is 0.966. The zero-order valence-corrected chi connectivity index (χ0v) is 11.1. The third-order valence-electron chi connectivity index (χ3n) is 3.75. The van der Waals surface area contributed by atoms with Crippen molar-refractivity contribution in [3.8, 4) is 0 Å². The van der Waals surface area contributed by atoms with Gasteiger partial charge >= 0.3 is 0 Å². The van der Waals surface area contributed by atoms with Crippen LogP contribution in [0.15, 0.2) is 0 Å². The summed E-state index contributed by atoms with van der Waals surface area (Å²) < 4.78 is 0. The van der Waals surface area contributed by atoms with Crippen LogP contribution in [0.4, 0.5) is 0 Å². The van der Waals surface area contributed by atoms with Crippen LogP contribution in [0, 0.1) is 5.92 Å². The number of likely N-dealkylation sites (tertiary alicyclic amines) is 1. The van der Waals surface area contributed by atoms with Crippen LogP contribution < -0.4 is 5.73 Å². The van der Waals surface area contributed by atoms with Crippen LogP contribution in [-0.2, 0) is 0 Å². The zero-order chi connectivity index (χ0) is 11.8. The molecule has 0 amide bonds. The Kier molecular flexibility index (Phi) is 7.01.